The van der Waals surface area contributed by atoms with E-state index in [1.807, 2.05) is 19.1 Å². The zero-order chi connectivity index (χ0) is 16.6. The highest BCUT2D eigenvalue weighted by Gasteiger charge is 2.35. The van der Waals surface area contributed by atoms with Crippen LogP contribution >= 0.6 is 11.3 Å². The van der Waals surface area contributed by atoms with Gasteiger partial charge in [0.15, 0.2) is 5.13 Å². The molecule has 9 heteroatoms. The summed E-state index contributed by atoms with van der Waals surface area (Å²) in [5.74, 6) is -0.676. The average molecular weight is 358 g/mol. The Morgan fingerprint density at radius 1 is 1.48 bits per heavy atom. The lowest BCUT2D eigenvalue weighted by Gasteiger charge is -2.11. The van der Waals surface area contributed by atoms with Crippen LogP contribution in [0.15, 0.2) is 18.2 Å². The van der Waals surface area contributed by atoms with Gasteiger partial charge in [-0.2, -0.15) is 8.42 Å². The fourth-order valence-corrected chi connectivity index (χ4v) is 4.43. The van der Waals surface area contributed by atoms with Crippen LogP contribution in [0, 0.1) is 5.92 Å². The molecule has 0 spiro atoms. The first-order valence-corrected chi connectivity index (χ1v) is 9.48. The summed E-state index contributed by atoms with van der Waals surface area (Å²) in [6.45, 7) is 2.62. The number of thiazole rings is 1. The lowest BCUT2D eigenvalue weighted by atomic mass is 10.1. The summed E-state index contributed by atoms with van der Waals surface area (Å²) in [5, 5.41) is 0.498. The number of fused-ring (bicyclic) bond motifs is 1. The molecule has 1 amide bonds. The molecule has 23 heavy (non-hydrogen) atoms. The Kier molecular flexibility index (Phi) is 4.24. The number of carbonyl (C=O) groups excluding carboxylic acids is 1. The smallest absolute Gasteiger partial charge is 0.302 e. The summed E-state index contributed by atoms with van der Waals surface area (Å²) in [7, 11) is -4.59. The van der Waals surface area contributed by atoms with Gasteiger partial charge in [0.25, 0.3) is 0 Å². The van der Waals surface area contributed by atoms with Crippen LogP contribution in [0.5, 0.6) is 5.75 Å². The van der Waals surface area contributed by atoms with Crippen LogP contribution in [0.1, 0.15) is 13.3 Å². The summed E-state index contributed by atoms with van der Waals surface area (Å²) in [5.41, 5.74) is 0.739. The Morgan fingerprint density at radius 2 is 2.26 bits per heavy atom. The minimum absolute atomic E-state index is 0.0171. The van der Waals surface area contributed by atoms with Gasteiger partial charge in [-0.25, -0.2) is 4.98 Å². The standard InChI is InChI=1S/C14H15FN2O4S2/c1-2-21-10-3-4-11-12(6-10)22-14(16-11)17-7-9(5-13(17)18)8-23(15,19)20/h3-4,6,9H,2,5,7-8H2,1H3. The van der Waals surface area contributed by atoms with Crippen molar-refractivity contribution in [3.05, 3.63) is 18.2 Å². The topological polar surface area (TPSA) is 76.6 Å². The fourth-order valence-electron chi connectivity index (χ4n) is 2.62. The van der Waals surface area contributed by atoms with Gasteiger partial charge in [-0.1, -0.05) is 11.3 Å². The third-order valence-electron chi connectivity index (χ3n) is 3.53. The molecule has 0 radical (unpaired) electrons. The fraction of sp³-hybridized carbons (Fsp3) is 0.429. The summed E-state index contributed by atoms with van der Waals surface area (Å²) in [4.78, 5) is 17.9. The second kappa shape index (κ2) is 6.04. The van der Waals surface area contributed by atoms with Crippen molar-refractivity contribution in [2.24, 2.45) is 5.92 Å². The Bertz CT molecular complexity index is 850. The predicted octanol–water partition coefficient (Wildman–Crippen LogP) is 2.35. The van der Waals surface area contributed by atoms with Crippen LogP contribution in [-0.4, -0.2) is 38.2 Å². The van der Waals surface area contributed by atoms with Crippen LogP contribution in [0.4, 0.5) is 9.02 Å². The first-order valence-electron chi connectivity index (χ1n) is 7.12. The highest BCUT2D eigenvalue weighted by molar-refractivity contribution is 7.86. The van der Waals surface area contributed by atoms with Crippen LogP contribution in [-0.2, 0) is 15.0 Å². The van der Waals surface area contributed by atoms with E-state index in [9.17, 15) is 17.1 Å². The van der Waals surface area contributed by atoms with Crippen molar-refractivity contribution in [3.8, 4) is 5.75 Å². The largest absolute Gasteiger partial charge is 0.494 e. The van der Waals surface area contributed by atoms with Gasteiger partial charge in [0.2, 0.25) is 5.91 Å². The Morgan fingerprint density at radius 3 is 2.96 bits per heavy atom. The zero-order valence-electron chi connectivity index (χ0n) is 12.4. The van der Waals surface area contributed by atoms with Gasteiger partial charge >= 0.3 is 10.2 Å². The molecule has 0 bridgehead atoms. The quantitative estimate of drug-likeness (QED) is 0.767. The zero-order valence-corrected chi connectivity index (χ0v) is 14.0. The molecule has 1 unspecified atom stereocenters. The predicted molar refractivity (Wildman–Crippen MR) is 86.1 cm³/mol. The number of benzene rings is 1. The van der Waals surface area contributed by atoms with Gasteiger partial charge in [-0.15, -0.1) is 3.89 Å². The lowest BCUT2D eigenvalue weighted by molar-refractivity contribution is -0.117. The molecule has 2 heterocycles. The summed E-state index contributed by atoms with van der Waals surface area (Å²) in [6, 6.07) is 5.47. The molecule has 124 valence electrons. The van der Waals surface area contributed by atoms with E-state index in [-0.39, 0.29) is 18.9 Å². The molecule has 1 aliphatic heterocycles. The number of ether oxygens (including phenoxy) is 1. The van der Waals surface area contributed by atoms with E-state index < -0.39 is 21.9 Å². The van der Waals surface area contributed by atoms with Gasteiger partial charge in [-0.3, -0.25) is 9.69 Å². The Balaban J connectivity index is 1.84. The maximum Gasteiger partial charge on any atom is 0.302 e. The van der Waals surface area contributed by atoms with Crippen molar-refractivity contribution in [1.29, 1.82) is 0 Å². The van der Waals surface area contributed by atoms with Crippen molar-refractivity contribution in [3.63, 3.8) is 0 Å². The minimum atomic E-state index is -4.59. The summed E-state index contributed by atoms with van der Waals surface area (Å²) >= 11 is 1.33. The first-order chi connectivity index (χ1) is 10.9. The molecule has 1 aromatic carbocycles. The summed E-state index contributed by atoms with van der Waals surface area (Å²) in [6.07, 6.45) is 0.0171. The molecular formula is C14H15FN2O4S2. The second-order valence-electron chi connectivity index (χ2n) is 5.34. The normalized spacial score (nSPS) is 18.8. The van der Waals surface area contributed by atoms with Crippen molar-refractivity contribution in [2.45, 2.75) is 13.3 Å². The highest BCUT2D eigenvalue weighted by Crippen LogP contribution is 2.34. The number of carbonyl (C=O) groups is 1. The molecule has 1 saturated heterocycles. The SMILES string of the molecule is CCOc1ccc2nc(N3CC(CS(=O)(=O)F)CC3=O)sc2c1. The molecule has 6 nitrogen and oxygen atoms in total. The monoisotopic (exact) mass is 358 g/mol. The lowest BCUT2D eigenvalue weighted by Crippen LogP contribution is -2.25. The van der Waals surface area contributed by atoms with Crippen LogP contribution in [0.3, 0.4) is 0 Å². The number of anilines is 1. The van der Waals surface area contributed by atoms with Gasteiger partial charge < -0.3 is 4.74 Å². The molecule has 1 aromatic heterocycles. The van der Waals surface area contributed by atoms with E-state index in [2.05, 4.69) is 4.98 Å². The van der Waals surface area contributed by atoms with E-state index in [4.69, 9.17) is 4.74 Å². The van der Waals surface area contributed by atoms with E-state index in [0.717, 1.165) is 16.0 Å². The van der Waals surface area contributed by atoms with E-state index in [1.165, 1.54) is 16.2 Å². The third-order valence-corrected chi connectivity index (χ3v) is 5.44. The second-order valence-corrected chi connectivity index (χ2v) is 7.76. The number of rotatable bonds is 5. The van der Waals surface area contributed by atoms with Gasteiger partial charge in [0, 0.05) is 18.9 Å². The summed E-state index contributed by atoms with van der Waals surface area (Å²) < 4.78 is 40.6. The molecule has 2 aromatic rings. The number of nitrogens with zero attached hydrogens (tertiary/aromatic N) is 2. The van der Waals surface area contributed by atoms with Crippen molar-refractivity contribution < 1.29 is 21.8 Å². The third kappa shape index (κ3) is 3.61. The molecule has 1 fully saturated rings. The van der Waals surface area contributed by atoms with Gasteiger partial charge in [0.1, 0.15) is 5.75 Å². The molecular weight excluding hydrogens is 343 g/mol. The van der Waals surface area contributed by atoms with Crippen molar-refractivity contribution >= 4 is 42.8 Å². The number of aromatic nitrogens is 1. The maximum absolute atomic E-state index is 12.8. The molecule has 0 aliphatic carbocycles. The number of amides is 1. The Labute approximate surface area is 137 Å². The highest BCUT2D eigenvalue weighted by atomic mass is 32.3. The van der Waals surface area contributed by atoms with Crippen LogP contribution in [0.25, 0.3) is 10.2 Å². The van der Waals surface area contributed by atoms with Crippen LogP contribution in [0.2, 0.25) is 0 Å². The molecule has 1 aliphatic rings. The minimum Gasteiger partial charge on any atom is -0.494 e. The average Bonchev–Trinajstić information content (AvgIpc) is 3.00. The maximum atomic E-state index is 12.8. The van der Waals surface area contributed by atoms with E-state index in [1.54, 1.807) is 6.07 Å². The number of hydrogen-bond donors (Lipinski definition) is 0. The van der Waals surface area contributed by atoms with Gasteiger partial charge in [0.05, 0.1) is 22.6 Å². The van der Waals surface area contributed by atoms with E-state index >= 15 is 0 Å². The van der Waals surface area contributed by atoms with E-state index in [0.29, 0.717) is 11.7 Å². The van der Waals surface area contributed by atoms with Crippen LogP contribution < -0.4 is 9.64 Å². The first kappa shape index (κ1) is 16.1. The molecule has 0 saturated carbocycles. The van der Waals surface area contributed by atoms with Gasteiger partial charge in [-0.05, 0) is 25.1 Å². The molecule has 1 atom stereocenters. The van der Waals surface area contributed by atoms with Crippen molar-refractivity contribution in [2.75, 3.05) is 23.8 Å². The number of halogens is 1. The van der Waals surface area contributed by atoms with Crippen molar-refractivity contribution in [1.82, 2.24) is 4.98 Å². The molecule has 0 N–H and O–H groups in total. The molecule has 3 rings (SSSR count). The number of hydrogen-bond acceptors (Lipinski definition) is 6. The Hall–Kier alpha value is -1.74.